The van der Waals surface area contributed by atoms with E-state index in [9.17, 15) is 5.11 Å². The lowest BCUT2D eigenvalue weighted by Crippen LogP contribution is -2.32. The van der Waals surface area contributed by atoms with E-state index in [0.717, 1.165) is 38.2 Å². The maximum atomic E-state index is 10.4. The number of aliphatic hydroxyl groups excluding tert-OH is 1. The van der Waals surface area contributed by atoms with Crippen molar-refractivity contribution in [1.29, 1.82) is 0 Å². The van der Waals surface area contributed by atoms with E-state index in [-0.39, 0.29) is 0 Å². The molecule has 1 aliphatic heterocycles. The van der Waals surface area contributed by atoms with Gasteiger partial charge in [-0.3, -0.25) is 0 Å². The number of rotatable bonds is 5. The molecule has 0 radical (unpaired) electrons. The molecule has 2 rings (SSSR count). The van der Waals surface area contributed by atoms with Gasteiger partial charge >= 0.3 is 0 Å². The van der Waals surface area contributed by atoms with E-state index in [1.807, 2.05) is 0 Å². The van der Waals surface area contributed by atoms with E-state index in [2.05, 4.69) is 44.0 Å². The number of benzene rings is 1. The number of aryl methyl sites for hydroxylation is 2. The fourth-order valence-corrected chi connectivity index (χ4v) is 3.04. The third-order valence-electron chi connectivity index (χ3n) is 4.18. The van der Waals surface area contributed by atoms with Crippen molar-refractivity contribution >= 4 is 0 Å². The summed E-state index contributed by atoms with van der Waals surface area (Å²) < 4.78 is 5.39. The molecule has 1 heterocycles. The van der Waals surface area contributed by atoms with Gasteiger partial charge in [0.15, 0.2) is 0 Å². The first kappa shape index (κ1) is 15.5. The van der Waals surface area contributed by atoms with Gasteiger partial charge in [-0.1, -0.05) is 23.8 Å². The highest BCUT2D eigenvalue weighted by atomic mass is 16.5. The molecule has 1 aromatic rings. The fourth-order valence-electron chi connectivity index (χ4n) is 3.04. The predicted molar refractivity (Wildman–Crippen MR) is 81.9 cm³/mol. The molecule has 1 fully saturated rings. The summed E-state index contributed by atoms with van der Waals surface area (Å²) in [6.45, 7) is 7.67. The summed E-state index contributed by atoms with van der Waals surface area (Å²) in [5.41, 5.74) is 3.47. The minimum Gasteiger partial charge on any atom is -0.387 e. The van der Waals surface area contributed by atoms with E-state index >= 15 is 0 Å². The van der Waals surface area contributed by atoms with Crippen molar-refractivity contribution in [2.75, 3.05) is 33.4 Å². The Morgan fingerprint density at radius 3 is 2.65 bits per heavy atom. The molecule has 20 heavy (non-hydrogen) atoms. The topological polar surface area (TPSA) is 32.7 Å². The molecule has 0 spiro atoms. The van der Waals surface area contributed by atoms with Crippen molar-refractivity contribution in [2.45, 2.75) is 32.8 Å². The molecular weight excluding hydrogens is 250 g/mol. The zero-order valence-electron chi connectivity index (χ0n) is 12.9. The van der Waals surface area contributed by atoms with Crippen LogP contribution in [0.4, 0.5) is 0 Å². The van der Waals surface area contributed by atoms with Crippen LogP contribution >= 0.6 is 0 Å². The van der Waals surface area contributed by atoms with Crippen LogP contribution in [0, 0.1) is 19.8 Å². The van der Waals surface area contributed by atoms with E-state index < -0.39 is 6.10 Å². The Hall–Kier alpha value is -0.900. The molecule has 1 atom stereocenters. The first-order valence-electron chi connectivity index (χ1n) is 7.57. The van der Waals surface area contributed by atoms with Crippen LogP contribution in [-0.4, -0.2) is 43.4 Å². The molecule has 112 valence electrons. The van der Waals surface area contributed by atoms with Crippen LogP contribution in [0.5, 0.6) is 0 Å². The Kier molecular flexibility index (Phi) is 5.58. The molecule has 3 heteroatoms. The van der Waals surface area contributed by atoms with Crippen LogP contribution in [0.15, 0.2) is 18.2 Å². The average Bonchev–Trinajstić information content (AvgIpc) is 2.39. The number of aliphatic hydroxyl groups is 1. The first-order chi connectivity index (χ1) is 9.56. The minimum absolute atomic E-state index is 0.402. The molecular formula is C17H27NO2. The summed E-state index contributed by atoms with van der Waals surface area (Å²) in [5, 5.41) is 10.4. The van der Waals surface area contributed by atoms with Gasteiger partial charge in [-0.15, -0.1) is 0 Å². The van der Waals surface area contributed by atoms with Crippen LogP contribution in [0.2, 0.25) is 0 Å². The van der Waals surface area contributed by atoms with Gasteiger partial charge in [-0.2, -0.15) is 0 Å². The summed E-state index contributed by atoms with van der Waals surface area (Å²) in [4.78, 5) is 2.25. The summed E-state index contributed by atoms with van der Waals surface area (Å²) in [7, 11) is 2.10. The molecule has 1 unspecified atom stereocenters. The lowest BCUT2D eigenvalue weighted by Gasteiger charge is -2.28. The van der Waals surface area contributed by atoms with Gasteiger partial charge in [0.2, 0.25) is 0 Å². The van der Waals surface area contributed by atoms with Gasteiger partial charge in [0, 0.05) is 26.3 Å². The molecule has 0 aliphatic carbocycles. The normalized spacial score (nSPS) is 18.4. The quantitative estimate of drug-likeness (QED) is 0.898. The summed E-state index contributed by atoms with van der Waals surface area (Å²) in [6, 6.07) is 6.26. The van der Waals surface area contributed by atoms with Crippen LogP contribution in [0.25, 0.3) is 0 Å². The van der Waals surface area contributed by atoms with Gasteiger partial charge < -0.3 is 14.7 Å². The minimum atomic E-state index is -0.402. The van der Waals surface area contributed by atoms with Gasteiger partial charge in [-0.25, -0.2) is 0 Å². The Balaban J connectivity index is 1.87. The standard InChI is InChI=1S/C17H27NO2/c1-13-4-5-16(14(2)10-13)17(19)12-18(3)11-15-6-8-20-9-7-15/h4-5,10,15,17,19H,6-9,11-12H2,1-3H3. The monoisotopic (exact) mass is 277 g/mol. The largest absolute Gasteiger partial charge is 0.387 e. The van der Waals surface area contributed by atoms with Crippen molar-refractivity contribution in [3.8, 4) is 0 Å². The number of likely N-dealkylation sites (N-methyl/N-ethyl adjacent to an activating group) is 1. The third-order valence-corrected chi connectivity index (χ3v) is 4.18. The number of ether oxygens (including phenoxy) is 1. The maximum Gasteiger partial charge on any atom is 0.0919 e. The number of hydrogen-bond donors (Lipinski definition) is 1. The van der Waals surface area contributed by atoms with Crippen molar-refractivity contribution in [2.24, 2.45) is 5.92 Å². The molecule has 0 amide bonds. The molecule has 0 bridgehead atoms. The van der Waals surface area contributed by atoms with E-state index in [0.29, 0.717) is 12.5 Å². The van der Waals surface area contributed by atoms with Crippen LogP contribution in [0.3, 0.4) is 0 Å². The molecule has 3 nitrogen and oxygen atoms in total. The van der Waals surface area contributed by atoms with Gasteiger partial charge in [0.25, 0.3) is 0 Å². The SMILES string of the molecule is Cc1ccc(C(O)CN(C)CC2CCOCC2)c(C)c1. The number of nitrogens with zero attached hydrogens (tertiary/aromatic N) is 1. The second kappa shape index (κ2) is 7.21. The van der Waals surface area contributed by atoms with E-state index in [4.69, 9.17) is 4.74 Å². The molecule has 0 saturated carbocycles. The van der Waals surface area contributed by atoms with Crippen LogP contribution in [0.1, 0.15) is 35.6 Å². The zero-order valence-corrected chi connectivity index (χ0v) is 12.9. The van der Waals surface area contributed by atoms with Crippen molar-refractivity contribution < 1.29 is 9.84 Å². The molecule has 1 aliphatic rings. The molecule has 0 aromatic heterocycles. The predicted octanol–water partition coefficient (Wildman–Crippen LogP) is 2.70. The summed E-state index contributed by atoms with van der Waals surface area (Å²) in [5.74, 6) is 0.708. The smallest absolute Gasteiger partial charge is 0.0919 e. The summed E-state index contributed by atoms with van der Waals surface area (Å²) in [6.07, 6.45) is 1.88. The van der Waals surface area contributed by atoms with Gasteiger partial charge in [-0.05, 0) is 50.8 Å². The Bertz CT molecular complexity index is 427. The highest BCUT2D eigenvalue weighted by Gasteiger charge is 2.18. The Morgan fingerprint density at radius 2 is 2.00 bits per heavy atom. The molecule has 1 N–H and O–H groups in total. The second-order valence-electron chi connectivity index (χ2n) is 6.15. The molecule has 1 aromatic carbocycles. The Labute approximate surface area is 122 Å². The van der Waals surface area contributed by atoms with Crippen molar-refractivity contribution in [3.05, 3.63) is 34.9 Å². The lowest BCUT2D eigenvalue weighted by molar-refractivity contribution is 0.0477. The van der Waals surface area contributed by atoms with Crippen LogP contribution in [-0.2, 0) is 4.74 Å². The van der Waals surface area contributed by atoms with Crippen molar-refractivity contribution in [3.63, 3.8) is 0 Å². The third kappa shape index (κ3) is 4.30. The second-order valence-corrected chi connectivity index (χ2v) is 6.15. The van der Waals surface area contributed by atoms with Gasteiger partial charge in [0.1, 0.15) is 0 Å². The van der Waals surface area contributed by atoms with Gasteiger partial charge in [0.05, 0.1) is 6.10 Å². The van der Waals surface area contributed by atoms with E-state index in [1.54, 1.807) is 0 Å². The highest BCUT2D eigenvalue weighted by Crippen LogP contribution is 2.21. The highest BCUT2D eigenvalue weighted by molar-refractivity contribution is 5.32. The molecule has 1 saturated heterocycles. The number of hydrogen-bond acceptors (Lipinski definition) is 3. The fraction of sp³-hybridized carbons (Fsp3) is 0.647. The average molecular weight is 277 g/mol. The zero-order chi connectivity index (χ0) is 14.5. The maximum absolute atomic E-state index is 10.4. The van der Waals surface area contributed by atoms with Crippen LogP contribution < -0.4 is 0 Å². The summed E-state index contributed by atoms with van der Waals surface area (Å²) >= 11 is 0. The van der Waals surface area contributed by atoms with Crippen molar-refractivity contribution in [1.82, 2.24) is 4.90 Å². The lowest BCUT2D eigenvalue weighted by atomic mass is 9.98. The first-order valence-corrected chi connectivity index (χ1v) is 7.57. The van der Waals surface area contributed by atoms with E-state index in [1.165, 1.54) is 11.1 Å². The Morgan fingerprint density at radius 1 is 1.30 bits per heavy atom.